The highest BCUT2D eigenvalue weighted by Crippen LogP contribution is 2.28. The van der Waals surface area contributed by atoms with E-state index in [1.165, 1.54) is 12.8 Å². The summed E-state index contributed by atoms with van der Waals surface area (Å²) in [6.45, 7) is 0.855. The van der Waals surface area contributed by atoms with Crippen LogP contribution in [0.2, 0.25) is 10.3 Å². The monoisotopic (exact) mass is 230 g/mol. The van der Waals surface area contributed by atoms with Crippen molar-refractivity contribution in [2.45, 2.75) is 25.4 Å². The van der Waals surface area contributed by atoms with Crippen LogP contribution in [-0.2, 0) is 6.54 Å². The largest absolute Gasteiger partial charge is 0.299 e. The maximum atomic E-state index is 5.98. The molecular formula is C10H12Cl2N2. The van der Waals surface area contributed by atoms with E-state index < -0.39 is 0 Å². The average molecular weight is 231 g/mol. The molecule has 1 aliphatic rings. The molecule has 0 aliphatic heterocycles. The van der Waals surface area contributed by atoms with Crippen molar-refractivity contribution in [2.75, 3.05) is 7.05 Å². The van der Waals surface area contributed by atoms with Crippen molar-refractivity contribution in [1.82, 2.24) is 9.88 Å². The van der Waals surface area contributed by atoms with Crippen molar-refractivity contribution in [3.63, 3.8) is 0 Å². The highest BCUT2D eigenvalue weighted by Gasteiger charge is 2.26. The lowest BCUT2D eigenvalue weighted by Crippen LogP contribution is -2.20. The predicted molar refractivity (Wildman–Crippen MR) is 58.7 cm³/mol. The van der Waals surface area contributed by atoms with Crippen LogP contribution in [0, 0.1) is 0 Å². The normalized spacial score (nSPS) is 16.3. The van der Waals surface area contributed by atoms with Crippen LogP contribution < -0.4 is 0 Å². The molecule has 14 heavy (non-hydrogen) atoms. The van der Waals surface area contributed by atoms with Crippen LogP contribution >= 0.6 is 23.2 Å². The van der Waals surface area contributed by atoms with E-state index >= 15 is 0 Å². The number of aromatic nitrogens is 1. The zero-order chi connectivity index (χ0) is 10.1. The second-order valence-corrected chi connectivity index (χ2v) is 4.48. The van der Waals surface area contributed by atoms with Crippen LogP contribution in [0.5, 0.6) is 0 Å². The number of rotatable bonds is 3. The second-order valence-electron chi connectivity index (χ2n) is 3.73. The van der Waals surface area contributed by atoms with Crippen LogP contribution in [0.3, 0.4) is 0 Å². The van der Waals surface area contributed by atoms with Crippen LogP contribution in [-0.4, -0.2) is 23.0 Å². The van der Waals surface area contributed by atoms with Crippen molar-refractivity contribution < 1.29 is 0 Å². The Labute approximate surface area is 93.8 Å². The lowest BCUT2D eigenvalue weighted by Gasteiger charge is -2.15. The van der Waals surface area contributed by atoms with Crippen LogP contribution in [0.15, 0.2) is 12.1 Å². The third-order valence-corrected chi connectivity index (χ3v) is 3.02. The van der Waals surface area contributed by atoms with Gasteiger partial charge in [-0.25, -0.2) is 4.98 Å². The van der Waals surface area contributed by atoms with Crippen molar-refractivity contribution in [2.24, 2.45) is 0 Å². The third kappa shape index (κ3) is 2.38. The van der Waals surface area contributed by atoms with Gasteiger partial charge < -0.3 is 0 Å². The van der Waals surface area contributed by atoms with E-state index in [1.807, 2.05) is 6.07 Å². The number of nitrogens with zero attached hydrogens (tertiary/aromatic N) is 2. The van der Waals surface area contributed by atoms with Gasteiger partial charge >= 0.3 is 0 Å². The molecule has 0 atom stereocenters. The smallest absolute Gasteiger partial charge is 0.135 e. The highest BCUT2D eigenvalue weighted by atomic mass is 35.5. The average Bonchev–Trinajstić information content (AvgIpc) is 2.92. The summed E-state index contributed by atoms with van der Waals surface area (Å²) in [5.74, 6) is 0. The molecule has 0 bridgehead atoms. The molecule has 0 amide bonds. The van der Waals surface area contributed by atoms with E-state index in [0.717, 1.165) is 18.2 Å². The van der Waals surface area contributed by atoms with Gasteiger partial charge in [-0.05, 0) is 26.0 Å². The van der Waals surface area contributed by atoms with Gasteiger partial charge in [-0.15, -0.1) is 0 Å². The molecule has 0 spiro atoms. The molecule has 1 aliphatic carbocycles. The lowest BCUT2D eigenvalue weighted by molar-refractivity contribution is 0.316. The minimum atomic E-state index is 0.452. The van der Waals surface area contributed by atoms with Crippen LogP contribution in [0.25, 0.3) is 0 Å². The van der Waals surface area contributed by atoms with Crippen molar-refractivity contribution in [3.8, 4) is 0 Å². The molecule has 2 rings (SSSR count). The molecule has 0 saturated heterocycles. The molecule has 2 nitrogen and oxygen atoms in total. The van der Waals surface area contributed by atoms with Gasteiger partial charge in [0.1, 0.15) is 10.3 Å². The standard InChI is InChI=1S/C10H12Cl2N2/c1-14(8-3-4-8)6-7-2-5-9(11)13-10(7)12/h2,5,8H,3-4,6H2,1H3. The van der Waals surface area contributed by atoms with E-state index in [-0.39, 0.29) is 0 Å². The Hall–Kier alpha value is -0.310. The van der Waals surface area contributed by atoms with E-state index in [2.05, 4.69) is 16.9 Å². The summed E-state index contributed by atoms with van der Waals surface area (Å²) in [7, 11) is 2.11. The summed E-state index contributed by atoms with van der Waals surface area (Å²) in [4.78, 5) is 6.31. The van der Waals surface area contributed by atoms with Gasteiger partial charge in [-0.1, -0.05) is 29.3 Å². The summed E-state index contributed by atoms with van der Waals surface area (Å²) in [5.41, 5.74) is 1.05. The van der Waals surface area contributed by atoms with Crippen LogP contribution in [0.1, 0.15) is 18.4 Å². The van der Waals surface area contributed by atoms with Gasteiger partial charge in [0.15, 0.2) is 0 Å². The molecule has 1 heterocycles. The first-order valence-corrected chi connectivity index (χ1v) is 5.43. The fourth-order valence-corrected chi connectivity index (χ4v) is 1.88. The number of pyridine rings is 1. The quantitative estimate of drug-likeness (QED) is 0.743. The first-order valence-electron chi connectivity index (χ1n) is 4.68. The summed E-state index contributed by atoms with van der Waals surface area (Å²) in [5, 5.41) is 0.970. The second kappa shape index (κ2) is 4.05. The summed E-state index contributed by atoms with van der Waals surface area (Å²) < 4.78 is 0. The Morgan fingerprint density at radius 3 is 2.71 bits per heavy atom. The van der Waals surface area contributed by atoms with Crippen molar-refractivity contribution in [3.05, 3.63) is 28.0 Å². The Morgan fingerprint density at radius 2 is 2.14 bits per heavy atom. The first-order chi connectivity index (χ1) is 6.66. The highest BCUT2D eigenvalue weighted by molar-refractivity contribution is 6.32. The molecule has 0 N–H and O–H groups in total. The Balaban J connectivity index is 2.07. The molecule has 1 saturated carbocycles. The fourth-order valence-electron chi connectivity index (χ4n) is 1.47. The van der Waals surface area contributed by atoms with E-state index in [0.29, 0.717) is 10.3 Å². The van der Waals surface area contributed by atoms with E-state index in [9.17, 15) is 0 Å². The maximum Gasteiger partial charge on any atom is 0.135 e. The summed E-state index contributed by atoms with van der Waals surface area (Å²) >= 11 is 11.7. The molecule has 1 fully saturated rings. The van der Waals surface area contributed by atoms with Gasteiger partial charge in [0.25, 0.3) is 0 Å². The lowest BCUT2D eigenvalue weighted by atomic mass is 10.2. The fraction of sp³-hybridized carbons (Fsp3) is 0.500. The van der Waals surface area contributed by atoms with Gasteiger partial charge in [0.2, 0.25) is 0 Å². The van der Waals surface area contributed by atoms with Crippen molar-refractivity contribution >= 4 is 23.2 Å². The van der Waals surface area contributed by atoms with Gasteiger partial charge in [0.05, 0.1) is 0 Å². The summed E-state index contributed by atoms with van der Waals surface area (Å²) in [6, 6.07) is 4.46. The molecule has 0 radical (unpaired) electrons. The Bertz CT molecular complexity index is 337. The molecular weight excluding hydrogens is 219 g/mol. The predicted octanol–water partition coefficient (Wildman–Crippen LogP) is 2.98. The van der Waals surface area contributed by atoms with E-state index in [4.69, 9.17) is 23.2 Å². The number of halogens is 2. The molecule has 0 unspecified atom stereocenters. The minimum Gasteiger partial charge on any atom is -0.299 e. The van der Waals surface area contributed by atoms with Crippen LogP contribution in [0.4, 0.5) is 0 Å². The maximum absolute atomic E-state index is 5.98. The molecule has 76 valence electrons. The number of hydrogen-bond acceptors (Lipinski definition) is 2. The van der Waals surface area contributed by atoms with Gasteiger partial charge in [0, 0.05) is 18.2 Å². The molecule has 1 aromatic heterocycles. The van der Waals surface area contributed by atoms with Gasteiger partial charge in [-0.3, -0.25) is 4.90 Å². The minimum absolute atomic E-state index is 0.452. The summed E-state index contributed by atoms with van der Waals surface area (Å²) in [6.07, 6.45) is 2.60. The molecule has 1 aromatic rings. The zero-order valence-electron chi connectivity index (χ0n) is 8.00. The van der Waals surface area contributed by atoms with Gasteiger partial charge in [-0.2, -0.15) is 0 Å². The Kier molecular flexibility index (Phi) is 2.96. The zero-order valence-corrected chi connectivity index (χ0v) is 9.52. The topological polar surface area (TPSA) is 16.1 Å². The Morgan fingerprint density at radius 1 is 1.43 bits per heavy atom. The van der Waals surface area contributed by atoms with E-state index in [1.54, 1.807) is 6.07 Å². The van der Waals surface area contributed by atoms with Crippen molar-refractivity contribution in [1.29, 1.82) is 0 Å². The SMILES string of the molecule is CN(Cc1ccc(Cl)nc1Cl)C1CC1. The molecule has 4 heteroatoms. The third-order valence-electron chi connectivity index (χ3n) is 2.48. The first kappa shape index (κ1) is 10.2. The number of hydrogen-bond donors (Lipinski definition) is 0. The molecule has 0 aromatic carbocycles.